The van der Waals surface area contributed by atoms with Gasteiger partial charge in [0.15, 0.2) is 0 Å². The van der Waals surface area contributed by atoms with Gasteiger partial charge in [0, 0.05) is 10.8 Å². The third-order valence-corrected chi connectivity index (χ3v) is 2.55. The van der Waals surface area contributed by atoms with Crippen LogP contribution in [0, 0.1) is 0 Å². The lowest BCUT2D eigenvalue weighted by atomic mass is 10.1. The molecule has 0 saturated carbocycles. The van der Waals surface area contributed by atoms with Gasteiger partial charge in [0.1, 0.15) is 5.82 Å². The number of benzene rings is 1. The number of anilines is 2. The lowest BCUT2D eigenvalue weighted by molar-refractivity contribution is 1.38. The molecule has 0 bridgehead atoms. The maximum atomic E-state index is 5.69. The number of pyridine rings is 2. The summed E-state index contributed by atoms with van der Waals surface area (Å²) in [6, 6.07) is 9.58. The first-order chi connectivity index (χ1) is 7.74. The van der Waals surface area contributed by atoms with Gasteiger partial charge in [-0.2, -0.15) is 0 Å². The number of hydrogen-bond donors (Lipinski definition) is 2. The van der Waals surface area contributed by atoms with Crippen molar-refractivity contribution >= 4 is 33.3 Å². The van der Waals surface area contributed by atoms with Gasteiger partial charge in [0.25, 0.3) is 0 Å². The van der Waals surface area contributed by atoms with Crippen molar-refractivity contribution in [3.8, 4) is 0 Å². The third kappa shape index (κ3) is 1.24. The fourth-order valence-corrected chi connectivity index (χ4v) is 1.81. The summed E-state index contributed by atoms with van der Waals surface area (Å²) in [4.78, 5) is 8.61. The molecule has 16 heavy (non-hydrogen) atoms. The molecule has 1 aromatic carbocycles. The minimum atomic E-state index is 0.499. The topological polar surface area (TPSA) is 77.8 Å². The number of fused-ring (bicyclic) bond motifs is 3. The van der Waals surface area contributed by atoms with E-state index < -0.39 is 0 Å². The van der Waals surface area contributed by atoms with E-state index in [1.807, 2.05) is 24.3 Å². The van der Waals surface area contributed by atoms with Crippen molar-refractivity contribution in [2.24, 2.45) is 0 Å². The summed E-state index contributed by atoms with van der Waals surface area (Å²) in [5.74, 6) is 0.499. The van der Waals surface area contributed by atoms with Crippen molar-refractivity contribution in [3.05, 3.63) is 36.5 Å². The van der Waals surface area contributed by atoms with E-state index in [1.54, 1.807) is 12.3 Å². The van der Waals surface area contributed by atoms with Crippen LogP contribution < -0.4 is 11.5 Å². The highest BCUT2D eigenvalue weighted by atomic mass is 14.8. The van der Waals surface area contributed by atoms with Gasteiger partial charge in [0.2, 0.25) is 0 Å². The molecule has 2 heterocycles. The molecule has 0 spiro atoms. The normalized spacial score (nSPS) is 11.0. The Morgan fingerprint density at radius 1 is 0.875 bits per heavy atom. The lowest BCUT2D eigenvalue weighted by Crippen LogP contribution is -1.92. The van der Waals surface area contributed by atoms with Crippen LogP contribution in [-0.4, -0.2) is 9.97 Å². The Hall–Kier alpha value is -2.36. The molecule has 0 radical (unpaired) electrons. The van der Waals surface area contributed by atoms with Gasteiger partial charge in [-0.05, 0) is 18.2 Å². The molecule has 3 aromatic rings. The molecule has 0 fully saturated rings. The predicted octanol–water partition coefficient (Wildman–Crippen LogP) is 1.95. The second kappa shape index (κ2) is 3.06. The molecular weight excluding hydrogens is 200 g/mol. The summed E-state index contributed by atoms with van der Waals surface area (Å²) in [6.45, 7) is 0. The Kier molecular flexibility index (Phi) is 1.71. The maximum Gasteiger partial charge on any atom is 0.124 e. The van der Waals surface area contributed by atoms with E-state index in [4.69, 9.17) is 11.5 Å². The van der Waals surface area contributed by atoms with E-state index in [9.17, 15) is 0 Å². The Morgan fingerprint density at radius 2 is 1.62 bits per heavy atom. The van der Waals surface area contributed by atoms with E-state index in [0.717, 1.165) is 21.8 Å². The van der Waals surface area contributed by atoms with Crippen LogP contribution in [0.3, 0.4) is 0 Å². The molecule has 0 atom stereocenters. The second-order valence-corrected chi connectivity index (χ2v) is 3.71. The van der Waals surface area contributed by atoms with Crippen LogP contribution in [0.15, 0.2) is 36.5 Å². The quantitative estimate of drug-likeness (QED) is 0.556. The van der Waals surface area contributed by atoms with Gasteiger partial charge < -0.3 is 11.5 Å². The largest absolute Gasteiger partial charge is 0.397 e. The van der Waals surface area contributed by atoms with E-state index in [1.165, 1.54) is 0 Å². The maximum absolute atomic E-state index is 5.69. The Morgan fingerprint density at radius 3 is 2.50 bits per heavy atom. The summed E-state index contributed by atoms with van der Waals surface area (Å²) in [6.07, 6.45) is 1.63. The molecule has 0 saturated heterocycles. The second-order valence-electron chi connectivity index (χ2n) is 3.71. The number of nitrogens with zero attached hydrogens (tertiary/aromatic N) is 2. The average molecular weight is 210 g/mol. The first-order valence-electron chi connectivity index (χ1n) is 4.94. The molecule has 3 rings (SSSR count). The van der Waals surface area contributed by atoms with Gasteiger partial charge in [-0.15, -0.1) is 0 Å². The van der Waals surface area contributed by atoms with Crippen LogP contribution in [-0.2, 0) is 0 Å². The Labute approximate surface area is 91.9 Å². The number of aromatic nitrogens is 2. The average Bonchev–Trinajstić information content (AvgIpc) is 2.28. The van der Waals surface area contributed by atoms with Crippen molar-refractivity contribution in [3.63, 3.8) is 0 Å². The lowest BCUT2D eigenvalue weighted by Gasteiger charge is -2.03. The van der Waals surface area contributed by atoms with Gasteiger partial charge in [-0.3, -0.25) is 4.98 Å². The molecule has 4 N–H and O–H groups in total. The van der Waals surface area contributed by atoms with Crippen molar-refractivity contribution < 1.29 is 0 Å². The van der Waals surface area contributed by atoms with Crippen LogP contribution in [0.4, 0.5) is 11.5 Å². The van der Waals surface area contributed by atoms with E-state index in [-0.39, 0.29) is 0 Å². The predicted molar refractivity (Wildman–Crippen MR) is 65.9 cm³/mol. The van der Waals surface area contributed by atoms with Gasteiger partial charge in [-0.25, -0.2) is 4.98 Å². The van der Waals surface area contributed by atoms with Crippen LogP contribution in [0.5, 0.6) is 0 Å². The van der Waals surface area contributed by atoms with Crippen LogP contribution in [0.25, 0.3) is 21.8 Å². The minimum absolute atomic E-state index is 0.499. The van der Waals surface area contributed by atoms with Crippen molar-refractivity contribution in [2.45, 2.75) is 0 Å². The third-order valence-electron chi connectivity index (χ3n) is 2.55. The molecule has 78 valence electrons. The number of nitrogen functional groups attached to an aromatic ring is 2. The highest BCUT2D eigenvalue weighted by molar-refractivity contribution is 6.03. The summed E-state index contributed by atoms with van der Waals surface area (Å²) >= 11 is 0. The van der Waals surface area contributed by atoms with Crippen LogP contribution in [0.2, 0.25) is 0 Å². The van der Waals surface area contributed by atoms with E-state index in [2.05, 4.69) is 9.97 Å². The first-order valence-corrected chi connectivity index (χ1v) is 4.94. The fraction of sp³-hybridized carbons (Fsp3) is 0. The zero-order chi connectivity index (χ0) is 11.1. The molecule has 0 aliphatic heterocycles. The number of nitrogens with two attached hydrogens (primary N) is 2. The number of hydrogen-bond acceptors (Lipinski definition) is 4. The zero-order valence-corrected chi connectivity index (χ0v) is 8.51. The Bertz CT molecular complexity index is 691. The van der Waals surface area contributed by atoms with Crippen LogP contribution in [0.1, 0.15) is 0 Å². The zero-order valence-electron chi connectivity index (χ0n) is 8.51. The van der Waals surface area contributed by atoms with E-state index >= 15 is 0 Å². The SMILES string of the molecule is Nc1cnc2c(ccc3ccc(N)nc32)c1. The minimum Gasteiger partial charge on any atom is -0.397 e. The monoisotopic (exact) mass is 210 g/mol. The van der Waals surface area contributed by atoms with Crippen LogP contribution >= 0.6 is 0 Å². The number of rotatable bonds is 0. The summed E-state index contributed by atoms with van der Waals surface area (Å²) in [5.41, 5.74) is 13.7. The fourth-order valence-electron chi connectivity index (χ4n) is 1.81. The summed E-state index contributed by atoms with van der Waals surface area (Å²) in [7, 11) is 0. The molecule has 0 aliphatic rings. The van der Waals surface area contributed by atoms with E-state index in [0.29, 0.717) is 11.5 Å². The molecular formula is C12H10N4. The van der Waals surface area contributed by atoms with Gasteiger partial charge in [-0.1, -0.05) is 12.1 Å². The van der Waals surface area contributed by atoms with Crippen molar-refractivity contribution in [2.75, 3.05) is 11.5 Å². The summed E-state index contributed by atoms with van der Waals surface area (Å²) in [5, 5.41) is 2.00. The molecule has 0 amide bonds. The molecule has 0 aliphatic carbocycles. The molecule has 2 aromatic heterocycles. The smallest absolute Gasteiger partial charge is 0.124 e. The molecule has 4 nitrogen and oxygen atoms in total. The highest BCUT2D eigenvalue weighted by Crippen LogP contribution is 2.23. The summed E-state index contributed by atoms with van der Waals surface area (Å²) < 4.78 is 0. The highest BCUT2D eigenvalue weighted by Gasteiger charge is 2.03. The van der Waals surface area contributed by atoms with Crippen molar-refractivity contribution in [1.82, 2.24) is 9.97 Å². The standard InChI is InChI=1S/C12H10N4/c13-9-5-8-2-1-7-3-4-10(14)16-12(7)11(8)15-6-9/h1-6H,13H2,(H2,14,16). The molecule has 4 heteroatoms. The van der Waals surface area contributed by atoms with Crippen molar-refractivity contribution in [1.29, 1.82) is 0 Å². The molecule has 0 unspecified atom stereocenters. The Balaban J connectivity index is 2.52. The van der Waals surface area contributed by atoms with Gasteiger partial charge >= 0.3 is 0 Å². The first kappa shape index (κ1) is 8.91. The van der Waals surface area contributed by atoms with Gasteiger partial charge in [0.05, 0.1) is 22.9 Å².